The molecule has 0 aromatic heterocycles. The minimum Gasteiger partial charge on any atom is -0.337 e. The Labute approximate surface area is 132 Å². The Morgan fingerprint density at radius 2 is 1.95 bits per heavy atom. The van der Waals surface area contributed by atoms with Gasteiger partial charge in [-0.1, -0.05) is 36.8 Å². The molecule has 5 nitrogen and oxygen atoms in total. The van der Waals surface area contributed by atoms with Crippen LogP contribution in [0.25, 0.3) is 0 Å². The summed E-state index contributed by atoms with van der Waals surface area (Å²) in [4.78, 5) is 14.4. The second-order valence-corrected chi connectivity index (χ2v) is 7.89. The first-order chi connectivity index (χ1) is 10.3. The lowest BCUT2D eigenvalue weighted by Crippen LogP contribution is -2.48. The van der Waals surface area contributed by atoms with Gasteiger partial charge in [0.05, 0.1) is 12.3 Å². The maximum atomic E-state index is 12.6. The number of carbonyl (C=O) groups excluding carboxylic acids is 1. The largest absolute Gasteiger partial charge is 0.337 e. The fourth-order valence-electron chi connectivity index (χ4n) is 2.67. The predicted molar refractivity (Wildman–Crippen MR) is 86.6 cm³/mol. The molecule has 1 amide bonds. The molecule has 0 unspecified atom stereocenters. The highest BCUT2D eigenvalue weighted by Gasteiger charge is 2.27. The minimum absolute atomic E-state index is 0.166. The number of rotatable bonds is 7. The SMILES string of the molecule is C[C@H](NS(C)(=O)=O)C(=O)N(Cc1ccccc1)CC1CCC1. The molecule has 0 heterocycles. The molecule has 1 atom stereocenters. The summed E-state index contributed by atoms with van der Waals surface area (Å²) in [7, 11) is -3.39. The number of sulfonamides is 1. The lowest BCUT2D eigenvalue weighted by atomic mass is 9.85. The Balaban J connectivity index is 2.07. The number of hydrogen-bond acceptors (Lipinski definition) is 3. The van der Waals surface area contributed by atoms with Gasteiger partial charge < -0.3 is 4.90 Å². The van der Waals surface area contributed by atoms with Gasteiger partial charge in [-0.3, -0.25) is 4.79 Å². The van der Waals surface area contributed by atoms with E-state index >= 15 is 0 Å². The zero-order valence-electron chi connectivity index (χ0n) is 13.2. The van der Waals surface area contributed by atoms with Crippen molar-refractivity contribution in [2.45, 2.75) is 38.8 Å². The zero-order chi connectivity index (χ0) is 16.2. The van der Waals surface area contributed by atoms with Crippen LogP contribution in [0.15, 0.2) is 30.3 Å². The van der Waals surface area contributed by atoms with Gasteiger partial charge in [-0.05, 0) is 31.2 Å². The molecule has 1 aromatic carbocycles. The van der Waals surface area contributed by atoms with Crippen molar-refractivity contribution in [3.8, 4) is 0 Å². The molecule has 1 N–H and O–H groups in total. The van der Waals surface area contributed by atoms with Crippen LogP contribution in [-0.4, -0.2) is 38.1 Å². The second-order valence-electron chi connectivity index (χ2n) is 6.11. The van der Waals surface area contributed by atoms with Gasteiger partial charge in [0.25, 0.3) is 0 Å². The lowest BCUT2D eigenvalue weighted by Gasteiger charge is -2.34. The van der Waals surface area contributed by atoms with Crippen molar-refractivity contribution in [1.29, 1.82) is 0 Å². The highest BCUT2D eigenvalue weighted by atomic mass is 32.2. The molecule has 1 aromatic rings. The first-order valence-corrected chi connectivity index (χ1v) is 9.54. The van der Waals surface area contributed by atoms with Crippen molar-refractivity contribution in [3.05, 3.63) is 35.9 Å². The van der Waals surface area contributed by atoms with Crippen molar-refractivity contribution >= 4 is 15.9 Å². The van der Waals surface area contributed by atoms with Crippen LogP contribution in [-0.2, 0) is 21.4 Å². The molecule has 0 bridgehead atoms. The van der Waals surface area contributed by atoms with E-state index in [1.54, 1.807) is 11.8 Å². The van der Waals surface area contributed by atoms with Gasteiger partial charge in [-0.25, -0.2) is 13.1 Å². The first-order valence-electron chi connectivity index (χ1n) is 7.65. The lowest BCUT2D eigenvalue weighted by molar-refractivity contribution is -0.134. The van der Waals surface area contributed by atoms with Crippen LogP contribution < -0.4 is 4.72 Å². The molecule has 0 aliphatic heterocycles. The number of nitrogens with zero attached hydrogens (tertiary/aromatic N) is 1. The smallest absolute Gasteiger partial charge is 0.240 e. The summed E-state index contributed by atoms with van der Waals surface area (Å²) in [6.45, 7) is 2.82. The summed E-state index contributed by atoms with van der Waals surface area (Å²) in [6, 6.07) is 9.05. The summed E-state index contributed by atoms with van der Waals surface area (Å²) in [5.74, 6) is 0.374. The van der Waals surface area contributed by atoms with Crippen LogP contribution in [0, 0.1) is 5.92 Å². The molecule has 1 fully saturated rings. The van der Waals surface area contributed by atoms with E-state index in [1.165, 1.54) is 6.42 Å². The van der Waals surface area contributed by atoms with Crippen LogP contribution in [0.2, 0.25) is 0 Å². The molecule has 122 valence electrons. The first kappa shape index (κ1) is 17.0. The Kier molecular flexibility index (Phi) is 5.58. The molecule has 1 aliphatic carbocycles. The number of nitrogens with one attached hydrogen (secondary N) is 1. The molecule has 1 aliphatic rings. The van der Waals surface area contributed by atoms with Crippen molar-refractivity contribution in [2.24, 2.45) is 5.92 Å². The summed E-state index contributed by atoms with van der Waals surface area (Å²) >= 11 is 0. The van der Waals surface area contributed by atoms with Gasteiger partial charge in [-0.15, -0.1) is 0 Å². The average Bonchev–Trinajstić information content (AvgIpc) is 2.39. The van der Waals surface area contributed by atoms with Crippen LogP contribution in [0.1, 0.15) is 31.7 Å². The summed E-state index contributed by atoms with van der Waals surface area (Å²) in [5.41, 5.74) is 1.06. The maximum absolute atomic E-state index is 12.6. The highest BCUT2D eigenvalue weighted by molar-refractivity contribution is 7.88. The average molecular weight is 324 g/mol. The molecule has 2 rings (SSSR count). The van der Waals surface area contributed by atoms with E-state index in [0.29, 0.717) is 19.0 Å². The quantitative estimate of drug-likeness (QED) is 0.831. The van der Waals surface area contributed by atoms with Crippen LogP contribution in [0.3, 0.4) is 0 Å². The van der Waals surface area contributed by atoms with Crippen molar-refractivity contribution in [2.75, 3.05) is 12.8 Å². The van der Waals surface area contributed by atoms with Crippen molar-refractivity contribution < 1.29 is 13.2 Å². The molecular formula is C16H24N2O3S. The third-order valence-corrected chi connectivity index (χ3v) is 4.77. The van der Waals surface area contributed by atoms with E-state index < -0.39 is 16.1 Å². The molecule has 22 heavy (non-hydrogen) atoms. The van der Waals surface area contributed by atoms with E-state index in [9.17, 15) is 13.2 Å². The normalized spacial score (nSPS) is 16.8. The fraction of sp³-hybridized carbons (Fsp3) is 0.562. The third-order valence-electron chi connectivity index (χ3n) is 3.99. The fourth-order valence-corrected chi connectivity index (χ4v) is 3.41. The van der Waals surface area contributed by atoms with E-state index in [4.69, 9.17) is 0 Å². The van der Waals surface area contributed by atoms with Gasteiger partial charge in [0.1, 0.15) is 0 Å². The van der Waals surface area contributed by atoms with Crippen molar-refractivity contribution in [3.63, 3.8) is 0 Å². The molecule has 6 heteroatoms. The number of benzene rings is 1. The van der Waals surface area contributed by atoms with Crippen LogP contribution in [0.4, 0.5) is 0 Å². The molecule has 1 saturated carbocycles. The second kappa shape index (κ2) is 7.24. The molecule has 0 radical (unpaired) electrons. The minimum atomic E-state index is -3.39. The predicted octanol–water partition coefficient (Wildman–Crippen LogP) is 1.75. The summed E-state index contributed by atoms with van der Waals surface area (Å²) in [6.07, 6.45) is 4.58. The Bertz CT molecular complexity index is 597. The Hall–Kier alpha value is -1.40. The van der Waals surface area contributed by atoms with Crippen LogP contribution in [0.5, 0.6) is 0 Å². The van der Waals surface area contributed by atoms with E-state index in [0.717, 1.165) is 24.7 Å². The zero-order valence-corrected chi connectivity index (χ0v) is 14.0. The standard InChI is InChI=1S/C16H24N2O3S/c1-13(17-22(2,20)21)16(19)18(12-15-9-6-10-15)11-14-7-4-3-5-8-14/h3-5,7-8,13,15,17H,6,9-12H2,1-2H3/t13-/m0/s1. The highest BCUT2D eigenvalue weighted by Crippen LogP contribution is 2.27. The van der Waals surface area contributed by atoms with Crippen molar-refractivity contribution in [1.82, 2.24) is 9.62 Å². The van der Waals surface area contributed by atoms with Gasteiger partial charge in [0.15, 0.2) is 0 Å². The van der Waals surface area contributed by atoms with Crippen LogP contribution >= 0.6 is 0 Å². The third kappa shape index (κ3) is 5.10. The molecular weight excluding hydrogens is 300 g/mol. The van der Waals surface area contributed by atoms with E-state index in [-0.39, 0.29) is 5.91 Å². The van der Waals surface area contributed by atoms with Gasteiger partial charge in [0, 0.05) is 13.1 Å². The molecule has 0 spiro atoms. The number of hydrogen-bond donors (Lipinski definition) is 1. The Morgan fingerprint density at radius 3 is 2.45 bits per heavy atom. The van der Waals surface area contributed by atoms with E-state index in [1.807, 2.05) is 30.3 Å². The topological polar surface area (TPSA) is 66.5 Å². The van der Waals surface area contributed by atoms with Gasteiger partial charge >= 0.3 is 0 Å². The monoisotopic (exact) mass is 324 g/mol. The number of amides is 1. The van der Waals surface area contributed by atoms with Gasteiger partial charge in [0.2, 0.25) is 15.9 Å². The molecule has 0 saturated heterocycles. The maximum Gasteiger partial charge on any atom is 0.240 e. The number of carbonyl (C=O) groups is 1. The Morgan fingerprint density at radius 1 is 1.32 bits per heavy atom. The van der Waals surface area contributed by atoms with Gasteiger partial charge in [-0.2, -0.15) is 0 Å². The van der Waals surface area contributed by atoms with E-state index in [2.05, 4.69) is 4.72 Å². The summed E-state index contributed by atoms with van der Waals surface area (Å²) in [5, 5.41) is 0. The summed E-state index contributed by atoms with van der Waals surface area (Å²) < 4.78 is 25.0.